The monoisotopic (exact) mass is 499 g/mol. The zero-order valence-corrected chi connectivity index (χ0v) is 21.6. The average Bonchev–Trinajstić information content (AvgIpc) is 2.89. The number of hydrogen-bond acceptors (Lipinski definition) is 8. The molecule has 0 saturated carbocycles. The molecule has 3 rings (SSSR count). The molecule has 10 heteroatoms. The van der Waals surface area contributed by atoms with E-state index in [-0.39, 0.29) is 5.56 Å². The fourth-order valence-corrected chi connectivity index (χ4v) is 4.32. The third kappa shape index (κ3) is 7.24. The molecule has 0 bridgehead atoms. The fourth-order valence-electron chi connectivity index (χ4n) is 4.32. The number of carbonyl (C=O) groups excluding carboxylic acids is 1. The largest absolute Gasteiger partial charge is 0.501 e. The number of phenolic OH excluding ortho intramolecular Hbond substituents is 1. The van der Waals surface area contributed by atoms with Crippen molar-refractivity contribution in [2.75, 3.05) is 44.2 Å². The summed E-state index contributed by atoms with van der Waals surface area (Å²) in [6.07, 6.45) is 2.92. The molecule has 0 spiro atoms. The van der Waals surface area contributed by atoms with Gasteiger partial charge in [-0.3, -0.25) is 19.8 Å². The number of benzene rings is 2. The zero-order chi connectivity index (χ0) is 26.7. The predicted octanol–water partition coefficient (Wildman–Crippen LogP) is 4.93. The Balaban J connectivity index is 0.00000222. The number of nitroso groups, excluding NO2 is 1. The van der Waals surface area contributed by atoms with Crippen LogP contribution in [0, 0.1) is 21.9 Å². The number of anilines is 1. The summed E-state index contributed by atoms with van der Waals surface area (Å²) >= 11 is 0. The Morgan fingerprint density at radius 3 is 2.50 bits per heavy atom. The van der Waals surface area contributed by atoms with Gasteiger partial charge in [0.1, 0.15) is 0 Å². The van der Waals surface area contributed by atoms with Crippen molar-refractivity contribution >= 4 is 23.0 Å². The molecule has 2 aromatic rings. The summed E-state index contributed by atoms with van der Waals surface area (Å²) in [5.41, 5.74) is 2.76. The van der Waals surface area contributed by atoms with Crippen LogP contribution in [0.3, 0.4) is 0 Å². The number of carbonyl (C=O) groups is 1. The first-order chi connectivity index (χ1) is 17.3. The molecule has 1 saturated heterocycles. The van der Waals surface area contributed by atoms with Gasteiger partial charge in [-0.25, -0.2) is 0 Å². The van der Waals surface area contributed by atoms with Gasteiger partial charge in [-0.2, -0.15) is 0 Å². The Labute approximate surface area is 212 Å². The highest BCUT2D eigenvalue weighted by Crippen LogP contribution is 2.37. The lowest BCUT2D eigenvalue weighted by atomic mass is 10.0. The van der Waals surface area contributed by atoms with E-state index in [1.807, 2.05) is 13.8 Å². The van der Waals surface area contributed by atoms with Crippen LogP contribution in [0.15, 0.2) is 35.5 Å². The molecule has 1 amide bonds. The van der Waals surface area contributed by atoms with E-state index in [1.54, 1.807) is 0 Å². The molecule has 0 aliphatic carbocycles. The van der Waals surface area contributed by atoms with E-state index in [9.17, 15) is 24.9 Å². The van der Waals surface area contributed by atoms with Crippen LogP contribution in [0.25, 0.3) is 0 Å². The van der Waals surface area contributed by atoms with Crippen molar-refractivity contribution in [1.82, 2.24) is 10.2 Å². The first kappa shape index (κ1) is 28.7. The normalized spacial score (nSPS) is 13.5. The van der Waals surface area contributed by atoms with E-state index in [0.29, 0.717) is 6.54 Å². The molecule has 1 aliphatic rings. The van der Waals surface area contributed by atoms with Gasteiger partial charge < -0.3 is 15.3 Å². The van der Waals surface area contributed by atoms with Gasteiger partial charge in [-0.15, -0.1) is 4.91 Å². The van der Waals surface area contributed by atoms with Gasteiger partial charge in [0.15, 0.2) is 5.69 Å². The first-order valence-corrected chi connectivity index (χ1v) is 12.5. The number of aryl methyl sites for hydroxylation is 1. The van der Waals surface area contributed by atoms with Gasteiger partial charge in [-0.1, -0.05) is 39.3 Å². The Kier molecular flexibility index (Phi) is 11.3. The molecule has 0 unspecified atom stereocenters. The van der Waals surface area contributed by atoms with E-state index >= 15 is 0 Å². The molecular formula is C26H37N5O5. The van der Waals surface area contributed by atoms with Gasteiger partial charge in [0.25, 0.3) is 5.91 Å². The van der Waals surface area contributed by atoms with Gasteiger partial charge in [-0.05, 0) is 54.7 Å². The Bertz CT molecular complexity index is 1050. The number of nitrogens with one attached hydrogen (secondary N) is 1. The van der Waals surface area contributed by atoms with E-state index in [1.165, 1.54) is 16.8 Å². The van der Waals surface area contributed by atoms with Crippen molar-refractivity contribution in [3.05, 3.63) is 62.0 Å². The number of hydrogen-bond donors (Lipinski definition) is 2. The molecule has 10 nitrogen and oxygen atoms in total. The minimum Gasteiger partial charge on any atom is -0.501 e. The van der Waals surface area contributed by atoms with Gasteiger partial charge in [0.2, 0.25) is 5.75 Å². The topological polar surface area (TPSA) is 128 Å². The molecule has 1 heterocycles. The molecule has 2 N–H and O–H groups in total. The maximum Gasteiger partial charge on any atom is 0.313 e. The molecule has 0 aromatic heterocycles. The van der Waals surface area contributed by atoms with Crippen LogP contribution >= 0.6 is 0 Å². The zero-order valence-electron chi connectivity index (χ0n) is 21.6. The fraction of sp³-hybridized carbons (Fsp3) is 0.500. The molecule has 196 valence electrons. The lowest BCUT2D eigenvalue weighted by Crippen LogP contribution is -2.47. The van der Waals surface area contributed by atoms with Crippen molar-refractivity contribution < 1.29 is 14.8 Å². The van der Waals surface area contributed by atoms with E-state index in [2.05, 4.69) is 52.3 Å². The average molecular weight is 500 g/mol. The smallest absolute Gasteiger partial charge is 0.313 e. The summed E-state index contributed by atoms with van der Waals surface area (Å²) in [6, 6.07) is 8.49. The number of nitro groups is 1. The Morgan fingerprint density at radius 2 is 1.89 bits per heavy atom. The quantitative estimate of drug-likeness (QED) is 0.205. The second-order valence-corrected chi connectivity index (χ2v) is 8.47. The van der Waals surface area contributed by atoms with Gasteiger partial charge >= 0.3 is 5.69 Å². The summed E-state index contributed by atoms with van der Waals surface area (Å²) in [5.74, 6) is -1.40. The predicted molar refractivity (Wildman–Crippen MR) is 142 cm³/mol. The minimum atomic E-state index is -0.859. The third-order valence-electron chi connectivity index (χ3n) is 6.16. The maximum atomic E-state index is 12.4. The van der Waals surface area contributed by atoms with Crippen LogP contribution in [-0.2, 0) is 6.42 Å². The molecule has 1 aliphatic heterocycles. The summed E-state index contributed by atoms with van der Waals surface area (Å²) < 4.78 is 0. The number of rotatable bonds is 10. The van der Waals surface area contributed by atoms with Crippen molar-refractivity contribution in [1.29, 1.82) is 0 Å². The van der Waals surface area contributed by atoms with Crippen molar-refractivity contribution in [3.8, 4) is 5.75 Å². The SMILES string of the molecule is CC.CCCc1c(C)cccc1N1CCN(CCCNC(=O)c2cc(N=O)c(O)c([N+](=O)[O-])c2)CC1. The molecule has 2 aromatic carbocycles. The summed E-state index contributed by atoms with van der Waals surface area (Å²) in [6.45, 7) is 13.4. The summed E-state index contributed by atoms with van der Waals surface area (Å²) in [4.78, 5) is 38.2. The number of amides is 1. The van der Waals surface area contributed by atoms with E-state index in [0.717, 1.165) is 64.1 Å². The highest BCUT2D eigenvalue weighted by atomic mass is 16.6. The third-order valence-corrected chi connectivity index (χ3v) is 6.16. The number of nitro benzene ring substituents is 1. The highest BCUT2D eigenvalue weighted by Gasteiger charge is 2.23. The van der Waals surface area contributed by atoms with Crippen molar-refractivity contribution in [3.63, 3.8) is 0 Å². The number of aromatic hydroxyl groups is 1. The van der Waals surface area contributed by atoms with E-state index < -0.39 is 28.0 Å². The van der Waals surface area contributed by atoms with Crippen LogP contribution in [0.5, 0.6) is 5.75 Å². The van der Waals surface area contributed by atoms with Gasteiger partial charge in [0, 0.05) is 50.0 Å². The first-order valence-electron chi connectivity index (χ1n) is 12.5. The lowest BCUT2D eigenvalue weighted by molar-refractivity contribution is -0.385. The Morgan fingerprint density at radius 1 is 1.19 bits per heavy atom. The van der Waals surface area contributed by atoms with E-state index in [4.69, 9.17) is 0 Å². The van der Waals surface area contributed by atoms with Crippen LogP contribution in [-0.4, -0.2) is 60.1 Å². The molecule has 0 radical (unpaired) electrons. The van der Waals surface area contributed by atoms with Crippen molar-refractivity contribution in [2.24, 2.45) is 5.18 Å². The molecule has 0 atom stereocenters. The maximum absolute atomic E-state index is 12.4. The van der Waals surface area contributed by atoms with Gasteiger partial charge in [0.05, 0.1) is 4.92 Å². The number of nitrogens with zero attached hydrogens (tertiary/aromatic N) is 4. The number of piperazine rings is 1. The molecule has 36 heavy (non-hydrogen) atoms. The summed E-state index contributed by atoms with van der Waals surface area (Å²) in [7, 11) is 0. The second-order valence-electron chi connectivity index (χ2n) is 8.47. The van der Waals surface area contributed by atoms with Crippen LogP contribution in [0.1, 0.15) is 55.1 Å². The Hall–Kier alpha value is -3.53. The second kappa shape index (κ2) is 14.1. The highest BCUT2D eigenvalue weighted by molar-refractivity contribution is 5.96. The van der Waals surface area contributed by atoms with Crippen LogP contribution in [0.2, 0.25) is 0 Å². The lowest BCUT2D eigenvalue weighted by Gasteiger charge is -2.37. The van der Waals surface area contributed by atoms with Crippen molar-refractivity contribution in [2.45, 2.75) is 47.0 Å². The summed E-state index contributed by atoms with van der Waals surface area (Å²) in [5, 5.41) is 26.0. The van der Waals surface area contributed by atoms with Crippen LogP contribution in [0.4, 0.5) is 17.1 Å². The molecular weight excluding hydrogens is 462 g/mol. The standard InChI is InChI=1S/C24H31N5O5.C2H6/c1-3-6-19-17(2)7-4-8-21(19)28-13-11-27(12-14-28)10-5-9-25-24(31)18-15-20(26-32)23(30)22(16-18)29(33)34;1-2/h4,7-8,15-16,30H,3,5-6,9-14H2,1-2H3,(H,25,31);1-2H3. The number of phenols is 1. The van der Waals surface area contributed by atoms with Crippen LogP contribution < -0.4 is 10.2 Å². The minimum absolute atomic E-state index is 0.0891. The molecule has 1 fully saturated rings.